The van der Waals surface area contributed by atoms with Crippen molar-refractivity contribution in [3.05, 3.63) is 71.9 Å². The van der Waals surface area contributed by atoms with Crippen molar-refractivity contribution in [2.24, 2.45) is 4.99 Å². The van der Waals surface area contributed by atoms with E-state index in [2.05, 4.69) is 10.1 Å². The van der Waals surface area contributed by atoms with Gasteiger partial charge in [-0.3, -0.25) is 0 Å². The van der Waals surface area contributed by atoms with E-state index in [0.29, 0.717) is 0 Å². The van der Waals surface area contributed by atoms with Gasteiger partial charge in [0.05, 0.1) is 17.5 Å². The lowest BCUT2D eigenvalue weighted by Crippen LogP contribution is -2.07. The summed E-state index contributed by atoms with van der Waals surface area (Å²) in [6, 6.07) is 18.0. The van der Waals surface area contributed by atoms with Crippen LogP contribution in [0.5, 0.6) is 5.75 Å². The number of nitrogens with zero attached hydrogens (tertiary/aromatic N) is 4. The van der Waals surface area contributed by atoms with Gasteiger partial charge in [-0.25, -0.2) is 14.5 Å². The Kier molecular flexibility index (Phi) is 3.65. The molecule has 1 aliphatic rings. The van der Waals surface area contributed by atoms with Crippen LogP contribution < -0.4 is 10.5 Å². The van der Waals surface area contributed by atoms with Gasteiger partial charge in [0.2, 0.25) is 5.95 Å². The average molecular weight is 369 g/mol. The topological polar surface area (TPSA) is 77.8 Å². The van der Waals surface area contributed by atoms with Gasteiger partial charge < -0.3 is 10.5 Å². The van der Waals surface area contributed by atoms with Crippen LogP contribution in [0.4, 0.5) is 11.6 Å². The first kappa shape index (κ1) is 16.5. The SMILES string of the molecule is CC(C)Oc1ccc(C2=Nc3ccccc3-c3nc(N)nn4ccc2c34)cc1. The molecule has 0 saturated carbocycles. The summed E-state index contributed by atoms with van der Waals surface area (Å²) in [7, 11) is 0. The fourth-order valence-corrected chi connectivity index (χ4v) is 3.56. The first-order valence-electron chi connectivity index (χ1n) is 9.20. The Hall–Kier alpha value is -3.67. The molecule has 1 aliphatic heterocycles. The third-order valence-corrected chi connectivity index (χ3v) is 4.67. The summed E-state index contributed by atoms with van der Waals surface area (Å²) in [5, 5.41) is 4.34. The number of para-hydroxylation sites is 1. The number of benzene rings is 2. The van der Waals surface area contributed by atoms with Crippen LogP contribution >= 0.6 is 0 Å². The molecule has 0 amide bonds. The molecule has 6 heteroatoms. The molecule has 28 heavy (non-hydrogen) atoms. The van der Waals surface area contributed by atoms with E-state index in [1.807, 2.05) is 74.6 Å². The zero-order chi connectivity index (χ0) is 19.3. The molecule has 0 fully saturated rings. The van der Waals surface area contributed by atoms with Crippen molar-refractivity contribution in [1.82, 2.24) is 14.6 Å². The highest BCUT2D eigenvalue weighted by Gasteiger charge is 2.23. The van der Waals surface area contributed by atoms with Gasteiger partial charge in [-0.1, -0.05) is 18.2 Å². The molecule has 2 aromatic heterocycles. The lowest BCUT2D eigenvalue weighted by Gasteiger charge is -2.11. The molecular formula is C22H19N5O. The molecule has 138 valence electrons. The van der Waals surface area contributed by atoms with E-state index in [1.54, 1.807) is 4.52 Å². The second-order valence-electron chi connectivity index (χ2n) is 7.01. The molecule has 3 heterocycles. The predicted octanol–water partition coefficient (Wildman–Crippen LogP) is 4.25. The number of aliphatic imine (C=N–C) groups is 1. The highest BCUT2D eigenvalue weighted by Crippen LogP contribution is 2.38. The summed E-state index contributed by atoms with van der Waals surface area (Å²) in [6.07, 6.45) is 2.03. The number of anilines is 1. The number of ether oxygens (including phenoxy) is 1. The maximum Gasteiger partial charge on any atom is 0.238 e. The molecule has 0 bridgehead atoms. The van der Waals surface area contributed by atoms with Crippen molar-refractivity contribution in [2.45, 2.75) is 20.0 Å². The van der Waals surface area contributed by atoms with E-state index in [4.69, 9.17) is 15.5 Å². The summed E-state index contributed by atoms with van der Waals surface area (Å²) in [5.74, 6) is 1.07. The zero-order valence-corrected chi connectivity index (χ0v) is 15.6. The molecule has 0 unspecified atom stereocenters. The molecular weight excluding hydrogens is 350 g/mol. The molecule has 0 radical (unpaired) electrons. The monoisotopic (exact) mass is 369 g/mol. The maximum atomic E-state index is 5.95. The van der Waals surface area contributed by atoms with E-state index in [1.165, 1.54) is 0 Å². The number of rotatable bonds is 3. The van der Waals surface area contributed by atoms with Crippen LogP contribution in [0.15, 0.2) is 65.8 Å². The summed E-state index contributed by atoms with van der Waals surface area (Å²) >= 11 is 0. The van der Waals surface area contributed by atoms with Gasteiger partial charge in [-0.15, -0.1) is 5.10 Å². The molecule has 2 N–H and O–H groups in total. The molecule has 0 aliphatic carbocycles. The van der Waals surface area contributed by atoms with E-state index < -0.39 is 0 Å². The van der Waals surface area contributed by atoms with Crippen molar-refractivity contribution in [3.63, 3.8) is 0 Å². The Bertz CT molecular complexity index is 1220. The van der Waals surface area contributed by atoms with Gasteiger partial charge >= 0.3 is 0 Å². The molecule has 4 aromatic rings. The maximum absolute atomic E-state index is 5.95. The lowest BCUT2D eigenvalue weighted by atomic mass is 10.0. The average Bonchev–Trinajstić information content (AvgIpc) is 3.03. The van der Waals surface area contributed by atoms with Crippen molar-refractivity contribution < 1.29 is 4.74 Å². The smallest absolute Gasteiger partial charge is 0.238 e. The van der Waals surface area contributed by atoms with Crippen molar-refractivity contribution >= 4 is 22.9 Å². The van der Waals surface area contributed by atoms with Gasteiger partial charge in [0.15, 0.2) is 0 Å². The Balaban J connectivity index is 1.75. The number of nitrogen functional groups attached to an aromatic ring is 1. The normalized spacial score (nSPS) is 12.6. The molecule has 2 aromatic carbocycles. The first-order valence-corrected chi connectivity index (χ1v) is 9.20. The van der Waals surface area contributed by atoms with Crippen molar-refractivity contribution in [1.29, 1.82) is 0 Å². The van der Waals surface area contributed by atoms with Gasteiger partial charge in [0, 0.05) is 22.9 Å². The second-order valence-corrected chi connectivity index (χ2v) is 7.01. The highest BCUT2D eigenvalue weighted by atomic mass is 16.5. The number of nitrogens with two attached hydrogens (primary N) is 1. The first-order chi connectivity index (χ1) is 13.6. The molecule has 0 atom stereocenters. The van der Waals surface area contributed by atoms with Crippen LogP contribution in [0.2, 0.25) is 0 Å². The third kappa shape index (κ3) is 2.62. The van der Waals surface area contributed by atoms with Gasteiger partial charge in [0.25, 0.3) is 0 Å². The van der Waals surface area contributed by atoms with E-state index in [9.17, 15) is 0 Å². The minimum atomic E-state index is 0.133. The number of hydrogen-bond acceptors (Lipinski definition) is 5. The predicted molar refractivity (Wildman–Crippen MR) is 110 cm³/mol. The molecule has 0 spiro atoms. The summed E-state index contributed by atoms with van der Waals surface area (Å²) < 4.78 is 7.55. The summed E-state index contributed by atoms with van der Waals surface area (Å²) in [4.78, 5) is 9.53. The minimum Gasteiger partial charge on any atom is -0.491 e. The Morgan fingerprint density at radius 3 is 2.54 bits per heavy atom. The van der Waals surface area contributed by atoms with Gasteiger partial charge in [-0.05, 0) is 50.2 Å². The lowest BCUT2D eigenvalue weighted by molar-refractivity contribution is 0.242. The van der Waals surface area contributed by atoms with Crippen molar-refractivity contribution in [3.8, 4) is 17.0 Å². The van der Waals surface area contributed by atoms with Crippen LogP contribution in [0, 0.1) is 0 Å². The largest absolute Gasteiger partial charge is 0.491 e. The van der Waals surface area contributed by atoms with Crippen LogP contribution in [-0.4, -0.2) is 26.4 Å². The standard InChI is InChI=1S/C22H19N5O/c1-13(2)28-15-9-7-14(8-10-15)19-17-11-12-27-21(17)20(25-22(23)26-27)16-5-3-4-6-18(16)24-19/h3-13H,1-2H3,(H2,23,26). The minimum absolute atomic E-state index is 0.133. The van der Waals surface area contributed by atoms with Crippen LogP contribution in [0.3, 0.4) is 0 Å². The van der Waals surface area contributed by atoms with Gasteiger partial charge in [-0.2, -0.15) is 0 Å². The second kappa shape index (κ2) is 6.20. The third-order valence-electron chi connectivity index (χ3n) is 4.67. The summed E-state index contributed by atoms with van der Waals surface area (Å²) in [5.41, 5.74) is 12.3. The zero-order valence-electron chi connectivity index (χ0n) is 15.6. The summed E-state index contributed by atoms with van der Waals surface area (Å²) in [6.45, 7) is 4.03. The fourth-order valence-electron chi connectivity index (χ4n) is 3.56. The molecule has 5 rings (SSSR count). The van der Waals surface area contributed by atoms with Crippen molar-refractivity contribution in [2.75, 3.05) is 5.73 Å². The van der Waals surface area contributed by atoms with E-state index >= 15 is 0 Å². The fraction of sp³-hybridized carbons (Fsp3) is 0.136. The number of hydrogen-bond donors (Lipinski definition) is 1. The Morgan fingerprint density at radius 2 is 1.75 bits per heavy atom. The Morgan fingerprint density at radius 1 is 0.964 bits per heavy atom. The molecule has 0 saturated heterocycles. The number of aromatic nitrogens is 3. The van der Waals surface area contributed by atoms with Crippen LogP contribution in [0.25, 0.3) is 16.8 Å². The molecule has 6 nitrogen and oxygen atoms in total. The van der Waals surface area contributed by atoms with Crippen LogP contribution in [0.1, 0.15) is 25.0 Å². The Labute approximate surface area is 162 Å². The number of fused-ring (bicyclic) bond motifs is 2. The van der Waals surface area contributed by atoms with Crippen LogP contribution in [-0.2, 0) is 0 Å². The van der Waals surface area contributed by atoms with E-state index in [0.717, 1.165) is 45.0 Å². The van der Waals surface area contributed by atoms with Gasteiger partial charge in [0.1, 0.15) is 17.0 Å². The van der Waals surface area contributed by atoms with E-state index in [-0.39, 0.29) is 12.1 Å². The highest BCUT2D eigenvalue weighted by molar-refractivity contribution is 6.20. The quantitative estimate of drug-likeness (QED) is 0.516.